The Labute approximate surface area is 178 Å². The van der Waals surface area contributed by atoms with Crippen LogP contribution in [-0.2, 0) is 17.9 Å². The number of aryl methyl sites for hydroxylation is 1. The van der Waals surface area contributed by atoms with Crippen LogP contribution < -0.4 is 9.47 Å². The van der Waals surface area contributed by atoms with Gasteiger partial charge in [0.2, 0.25) is 5.91 Å². The van der Waals surface area contributed by atoms with E-state index in [2.05, 4.69) is 10.2 Å². The third-order valence-corrected chi connectivity index (χ3v) is 4.98. The van der Waals surface area contributed by atoms with Gasteiger partial charge in [-0.15, -0.1) is 10.2 Å². The van der Waals surface area contributed by atoms with Crippen LogP contribution in [0.15, 0.2) is 52.1 Å². The highest BCUT2D eigenvalue weighted by Crippen LogP contribution is 2.21. The number of nitrogens with zero attached hydrogens (tertiary/aromatic N) is 3. The van der Waals surface area contributed by atoms with E-state index in [1.54, 1.807) is 13.1 Å². The molecular formula is C21H22FN3O4S. The second-order valence-electron chi connectivity index (χ2n) is 6.57. The van der Waals surface area contributed by atoms with E-state index in [1.807, 2.05) is 31.2 Å². The van der Waals surface area contributed by atoms with Gasteiger partial charge in [0.1, 0.15) is 5.75 Å². The minimum Gasteiger partial charge on any atom is -0.494 e. The Bertz CT molecular complexity index is 1010. The Morgan fingerprint density at radius 3 is 2.80 bits per heavy atom. The number of rotatable bonds is 9. The summed E-state index contributed by atoms with van der Waals surface area (Å²) in [5.74, 6) is 0.725. The monoisotopic (exact) mass is 431 g/mol. The molecule has 0 aliphatic carbocycles. The summed E-state index contributed by atoms with van der Waals surface area (Å²) >= 11 is 1.14. The van der Waals surface area contributed by atoms with Crippen molar-refractivity contribution in [3.8, 4) is 11.5 Å². The molecular weight excluding hydrogens is 409 g/mol. The van der Waals surface area contributed by atoms with Crippen molar-refractivity contribution in [2.24, 2.45) is 0 Å². The van der Waals surface area contributed by atoms with E-state index in [-0.39, 0.29) is 35.8 Å². The predicted molar refractivity (Wildman–Crippen MR) is 110 cm³/mol. The fourth-order valence-electron chi connectivity index (χ4n) is 2.61. The second-order valence-corrected chi connectivity index (χ2v) is 7.50. The van der Waals surface area contributed by atoms with Crippen LogP contribution in [0, 0.1) is 12.7 Å². The van der Waals surface area contributed by atoms with Gasteiger partial charge in [-0.25, -0.2) is 4.39 Å². The number of thioether (sulfide) groups is 1. The molecule has 0 saturated heterocycles. The van der Waals surface area contributed by atoms with Gasteiger partial charge in [0.25, 0.3) is 11.1 Å². The van der Waals surface area contributed by atoms with Crippen molar-refractivity contribution in [3.63, 3.8) is 0 Å². The molecule has 0 unspecified atom stereocenters. The second kappa shape index (κ2) is 10.1. The summed E-state index contributed by atoms with van der Waals surface area (Å²) < 4.78 is 29.8. The van der Waals surface area contributed by atoms with Crippen LogP contribution in [-0.4, -0.2) is 40.9 Å². The molecule has 1 amide bonds. The zero-order valence-electron chi connectivity index (χ0n) is 16.9. The summed E-state index contributed by atoms with van der Waals surface area (Å²) in [5, 5.41) is 8.14. The summed E-state index contributed by atoms with van der Waals surface area (Å²) in [4.78, 5) is 13.9. The van der Waals surface area contributed by atoms with Crippen molar-refractivity contribution in [3.05, 3.63) is 65.3 Å². The Morgan fingerprint density at radius 2 is 2.07 bits per heavy atom. The number of halogens is 1. The third kappa shape index (κ3) is 5.96. The normalized spacial score (nSPS) is 10.7. The summed E-state index contributed by atoms with van der Waals surface area (Å²) in [6.07, 6.45) is 0. The van der Waals surface area contributed by atoms with Crippen molar-refractivity contribution in [2.75, 3.05) is 19.9 Å². The Hall–Kier alpha value is -3.07. The van der Waals surface area contributed by atoms with Crippen molar-refractivity contribution in [1.29, 1.82) is 0 Å². The first kappa shape index (κ1) is 21.6. The quantitative estimate of drug-likeness (QED) is 0.476. The number of benzene rings is 2. The molecule has 0 bridgehead atoms. The summed E-state index contributed by atoms with van der Waals surface area (Å²) in [6, 6.07) is 12.3. The number of aromatic nitrogens is 2. The number of carbonyl (C=O) groups is 1. The van der Waals surface area contributed by atoms with Crippen molar-refractivity contribution >= 4 is 17.7 Å². The molecule has 30 heavy (non-hydrogen) atoms. The van der Waals surface area contributed by atoms with E-state index in [9.17, 15) is 9.18 Å². The van der Waals surface area contributed by atoms with Gasteiger partial charge in [-0.1, -0.05) is 30.0 Å². The lowest BCUT2D eigenvalue weighted by molar-refractivity contribution is -0.127. The molecule has 1 heterocycles. The van der Waals surface area contributed by atoms with Gasteiger partial charge in [-0.05, 0) is 42.3 Å². The standard InChI is InChI=1S/C21H22FN3O4S/c1-14-5-4-6-16(9-14)28-12-19-23-24-21(29-19)30-13-20(26)25(2)11-15-7-8-18(27-3)17(22)10-15/h4-10H,11-13H2,1-3H3. The lowest BCUT2D eigenvalue weighted by Crippen LogP contribution is -2.27. The minimum absolute atomic E-state index is 0.121. The first-order valence-corrected chi connectivity index (χ1v) is 10.1. The van der Waals surface area contributed by atoms with Gasteiger partial charge < -0.3 is 18.8 Å². The van der Waals surface area contributed by atoms with E-state index < -0.39 is 5.82 Å². The highest BCUT2D eigenvalue weighted by Gasteiger charge is 2.14. The lowest BCUT2D eigenvalue weighted by Gasteiger charge is -2.17. The van der Waals surface area contributed by atoms with E-state index in [0.717, 1.165) is 17.3 Å². The molecule has 3 aromatic rings. The molecule has 158 valence electrons. The summed E-state index contributed by atoms with van der Waals surface area (Å²) in [7, 11) is 3.06. The Balaban J connectivity index is 1.46. The van der Waals surface area contributed by atoms with Crippen LogP contribution in [0.1, 0.15) is 17.0 Å². The van der Waals surface area contributed by atoms with Gasteiger partial charge in [0.15, 0.2) is 18.2 Å². The van der Waals surface area contributed by atoms with Crippen LogP contribution in [0.25, 0.3) is 0 Å². The average Bonchev–Trinajstić information content (AvgIpc) is 3.18. The van der Waals surface area contributed by atoms with Gasteiger partial charge in [0, 0.05) is 13.6 Å². The van der Waals surface area contributed by atoms with Crippen LogP contribution in [0.3, 0.4) is 0 Å². The molecule has 0 aliphatic rings. The van der Waals surface area contributed by atoms with Crippen molar-refractivity contribution in [1.82, 2.24) is 15.1 Å². The lowest BCUT2D eigenvalue weighted by atomic mass is 10.2. The fraction of sp³-hybridized carbons (Fsp3) is 0.286. The van der Waals surface area contributed by atoms with Gasteiger partial charge in [-0.2, -0.15) is 0 Å². The van der Waals surface area contributed by atoms with E-state index in [1.165, 1.54) is 24.1 Å². The maximum absolute atomic E-state index is 13.8. The van der Waals surface area contributed by atoms with E-state index in [0.29, 0.717) is 17.2 Å². The summed E-state index contributed by atoms with van der Waals surface area (Å²) in [6.45, 7) is 2.40. The first-order valence-electron chi connectivity index (χ1n) is 9.15. The molecule has 0 N–H and O–H groups in total. The molecule has 0 radical (unpaired) electrons. The zero-order chi connectivity index (χ0) is 21.5. The molecule has 0 spiro atoms. The van der Waals surface area contributed by atoms with Crippen LogP contribution in [0.2, 0.25) is 0 Å². The SMILES string of the molecule is COc1ccc(CN(C)C(=O)CSc2nnc(COc3cccc(C)c3)o2)cc1F. The number of hydrogen-bond acceptors (Lipinski definition) is 7. The predicted octanol–water partition coefficient (Wildman–Crippen LogP) is 3.86. The van der Waals surface area contributed by atoms with E-state index in [4.69, 9.17) is 13.9 Å². The Kier molecular flexibility index (Phi) is 7.29. The van der Waals surface area contributed by atoms with Crippen LogP contribution in [0.5, 0.6) is 11.5 Å². The first-order chi connectivity index (χ1) is 14.4. The number of amides is 1. The molecule has 3 rings (SSSR count). The number of carbonyl (C=O) groups excluding carboxylic acids is 1. The molecule has 0 fully saturated rings. The highest BCUT2D eigenvalue weighted by molar-refractivity contribution is 7.99. The Morgan fingerprint density at radius 1 is 1.23 bits per heavy atom. The van der Waals surface area contributed by atoms with Gasteiger partial charge in [-0.3, -0.25) is 4.79 Å². The number of hydrogen-bond donors (Lipinski definition) is 0. The smallest absolute Gasteiger partial charge is 0.277 e. The minimum atomic E-state index is -0.462. The van der Waals surface area contributed by atoms with Crippen LogP contribution >= 0.6 is 11.8 Å². The molecule has 7 nitrogen and oxygen atoms in total. The van der Waals surface area contributed by atoms with Crippen molar-refractivity contribution < 1.29 is 23.1 Å². The van der Waals surface area contributed by atoms with E-state index >= 15 is 0 Å². The molecule has 0 atom stereocenters. The molecule has 0 aliphatic heterocycles. The molecule has 2 aromatic carbocycles. The summed E-state index contributed by atoms with van der Waals surface area (Å²) in [5.41, 5.74) is 1.76. The topological polar surface area (TPSA) is 77.7 Å². The van der Waals surface area contributed by atoms with Gasteiger partial charge >= 0.3 is 0 Å². The van der Waals surface area contributed by atoms with Crippen LogP contribution in [0.4, 0.5) is 4.39 Å². The molecule has 1 aromatic heterocycles. The maximum atomic E-state index is 13.8. The highest BCUT2D eigenvalue weighted by atomic mass is 32.2. The number of methoxy groups -OCH3 is 1. The third-order valence-electron chi connectivity index (χ3n) is 4.18. The van der Waals surface area contributed by atoms with Gasteiger partial charge in [0.05, 0.1) is 12.9 Å². The van der Waals surface area contributed by atoms with Crippen molar-refractivity contribution in [2.45, 2.75) is 25.3 Å². The number of ether oxygens (including phenoxy) is 2. The average molecular weight is 431 g/mol. The molecule has 9 heteroatoms. The largest absolute Gasteiger partial charge is 0.494 e. The maximum Gasteiger partial charge on any atom is 0.277 e. The zero-order valence-corrected chi connectivity index (χ0v) is 17.7. The fourth-order valence-corrected chi connectivity index (χ4v) is 3.33. The molecule has 0 saturated carbocycles.